The number of anilines is 1. The third-order valence-electron chi connectivity index (χ3n) is 5.30. The van der Waals surface area contributed by atoms with E-state index in [0.29, 0.717) is 48.0 Å². The van der Waals surface area contributed by atoms with Gasteiger partial charge in [-0.3, -0.25) is 0 Å². The first-order valence-corrected chi connectivity index (χ1v) is 10.1. The summed E-state index contributed by atoms with van der Waals surface area (Å²) >= 11 is 0. The molecule has 0 amide bonds. The van der Waals surface area contributed by atoms with Gasteiger partial charge >= 0.3 is 0 Å². The van der Waals surface area contributed by atoms with Crippen LogP contribution in [0.3, 0.4) is 0 Å². The molecule has 32 heavy (non-hydrogen) atoms. The van der Waals surface area contributed by atoms with Crippen LogP contribution in [0.25, 0.3) is 16.6 Å². The molecule has 168 valence electrons. The number of aryl methyl sites for hydroxylation is 1. The van der Waals surface area contributed by atoms with Crippen LogP contribution >= 0.6 is 0 Å². The lowest BCUT2D eigenvalue weighted by molar-refractivity contribution is -0.0583. The molecule has 1 unspecified atom stereocenters. The first-order valence-electron chi connectivity index (χ1n) is 10.1. The van der Waals surface area contributed by atoms with Crippen LogP contribution in [0.15, 0.2) is 30.3 Å². The average Bonchev–Trinajstić information content (AvgIpc) is 2.79. The minimum atomic E-state index is -3.68. The van der Waals surface area contributed by atoms with E-state index in [2.05, 4.69) is 25.5 Å². The average molecular weight is 445 g/mol. The summed E-state index contributed by atoms with van der Waals surface area (Å²) in [6.45, 7) is 2.93. The van der Waals surface area contributed by atoms with Crippen LogP contribution in [0, 0.1) is 12.7 Å². The summed E-state index contributed by atoms with van der Waals surface area (Å²) in [6, 6.07) is 4.81. The second kappa shape index (κ2) is 8.79. The molecule has 3 heterocycles. The predicted octanol–water partition coefficient (Wildman–Crippen LogP) is 3.93. The minimum absolute atomic E-state index is 0.0226. The fraction of sp³-hybridized carbons (Fsp3) is 0.364. The second-order valence-electron chi connectivity index (χ2n) is 7.58. The van der Waals surface area contributed by atoms with E-state index >= 15 is 0 Å². The van der Waals surface area contributed by atoms with Gasteiger partial charge in [-0.15, -0.1) is 10.2 Å². The third-order valence-corrected chi connectivity index (χ3v) is 5.30. The van der Waals surface area contributed by atoms with Crippen LogP contribution in [0.5, 0.6) is 0 Å². The van der Waals surface area contributed by atoms with Crippen molar-refractivity contribution in [1.82, 2.24) is 20.2 Å². The Morgan fingerprint density at radius 1 is 1.25 bits per heavy atom. The van der Waals surface area contributed by atoms with Gasteiger partial charge in [0.15, 0.2) is 5.65 Å². The molecule has 1 aliphatic heterocycles. The SMILES string of the molecule is Cc1nc(NC(C)c2cccc(C(F)(F)CO)c2F)c2cc(C3=CCOCC3)nnc2n1. The summed E-state index contributed by atoms with van der Waals surface area (Å²) in [4.78, 5) is 8.73. The smallest absolute Gasteiger partial charge is 0.298 e. The molecular weight excluding hydrogens is 423 g/mol. The summed E-state index contributed by atoms with van der Waals surface area (Å²) in [6.07, 6.45) is 2.63. The highest BCUT2D eigenvalue weighted by molar-refractivity contribution is 5.88. The number of hydrogen-bond donors (Lipinski definition) is 2. The number of nitrogens with one attached hydrogen (secondary N) is 1. The molecule has 2 aromatic heterocycles. The second-order valence-corrected chi connectivity index (χ2v) is 7.58. The highest BCUT2D eigenvalue weighted by Gasteiger charge is 2.35. The van der Waals surface area contributed by atoms with Crippen LogP contribution < -0.4 is 5.32 Å². The fourth-order valence-corrected chi connectivity index (χ4v) is 3.60. The van der Waals surface area contributed by atoms with Crippen molar-refractivity contribution in [2.75, 3.05) is 25.1 Å². The first-order chi connectivity index (χ1) is 15.3. The molecule has 0 saturated heterocycles. The van der Waals surface area contributed by atoms with Crippen molar-refractivity contribution >= 4 is 22.4 Å². The van der Waals surface area contributed by atoms with Crippen LogP contribution in [-0.2, 0) is 10.7 Å². The summed E-state index contributed by atoms with van der Waals surface area (Å²) in [5.74, 6) is -3.93. The molecule has 0 aliphatic carbocycles. The maximum Gasteiger partial charge on any atom is 0.298 e. The Kier molecular flexibility index (Phi) is 6.07. The Hall–Kier alpha value is -3.11. The van der Waals surface area contributed by atoms with Gasteiger partial charge in [0.05, 0.1) is 35.9 Å². The summed E-state index contributed by atoms with van der Waals surface area (Å²) < 4.78 is 48.1. The molecule has 0 spiro atoms. The van der Waals surface area contributed by atoms with E-state index in [9.17, 15) is 13.2 Å². The van der Waals surface area contributed by atoms with Gasteiger partial charge in [-0.2, -0.15) is 8.78 Å². The molecule has 1 atom stereocenters. The van der Waals surface area contributed by atoms with Gasteiger partial charge in [-0.25, -0.2) is 14.4 Å². The molecule has 0 fully saturated rings. The van der Waals surface area contributed by atoms with Crippen LogP contribution in [0.4, 0.5) is 19.0 Å². The van der Waals surface area contributed by atoms with Crippen molar-refractivity contribution in [3.63, 3.8) is 0 Å². The lowest BCUT2D eigenvalue weighted by atomic mass is 10.00. The zero-order valence-electron chi connectivity index (χ0n) is 17.6. The zero-order valence-corrected chi connectivity index (χ0v) is 17.6. The minimum Gasteiger partial charge on any atom is -0.390 e. The lowest BCUT2D eigenvalue weighted by Crippen LogP contribution is -2.22. The molecule has 10 heteroatoms. The normalized spacial score (nSPS) is 15.5. The Morgan fingerprint density at radius 2 is 2.06 bits per heavy atom. The van der Waals surface area contributed by atoms with Gasteiger partial charge in [-0.05, 0) is 38.0 Å². The van der Waals surface area contributed by atoms with E-state index in [-0.39, 0.29) is 5.56 Å². The van der Waals surface area contributed by atoms with E-state index in [0.717, 1.165) is 11.6 Å². The van der Waals surface area contributed by atoms with Crippen molar-refractivity contribution in [1.29, 1.82) is 0 Å². The zero-order chi connectivity index (χ0) is 22.9. The molecule has 1 aliphatic rings. The maximum absolute atomic E-state index is 14.9. The third kappa shape index (κ3) is 4.28. The number of hydrogen-bond acceptors (Lipinski definition) is 7. The number of aliphatic hydroxyl groups excluding tert-OH is 1. The van der Waals surface area contributed by atoms with Crippen molar-refractivity contribution < 1.29 is 23.0 Å². The fourth-order valence-electron chi connectivity index (χ4n) is 3.60. The molecular formula is C22H22F3N5O2. The van der Waals surface area contributed by atoms with Gasteiger partial charge in [0.2, 0.25) is 0 Å². The summed E-state index contributed by atoms with van der Waals surface area (Å²) in [5.41, 5.74) is 1.20. The lowest BCUT2D eigenvalue weighted by Gasteiger charge is -2.21. The summed E-state index contributed by atoms with van der Waals surface area (Å²) in [7, 11) is 0. The summed E-state index contributed by atoms with van der Waals surface area (Å²) in [5, 5.41) is 21.1. The molecule has 0 saturated carbocycles. The number of alkyl halides is 2. The van der Waals surface area contributed by atoms with Crippen molar-refractivity contribution in [2.24, 2.45) is 0 Å². The number of fused-ring (bicyclic) bond motifs is 1. The number of aliphatic hydroxyl groups is 1. The largest absolute Gasteiger partial charge is 0.390 e. The Balaban J connectivity index is 1.72. The van der Waals surface area contributed by atoms with Crippen LogP contribution in [0.1, 0.15) is 42.0 Å². The van der Waals surface area contributed by atoms with Gasteiger partial charge in [0.1, 0.15) is 24.1 Å². The van der Waals surface area contributed by atoms with Crippen LogP contribution in [-0.4, -0.2) is 45.1 Å². The Bertz CT molecular complexity index is 1190. The van der Waals surface area contributed by atoms with Crippen molar-refractivity contribution in [3.05, 3.63) is 58.8 Å². The van der Waals surface area contributed by atoms with Gasteiger partial charge < -0.3 is 15.2 Å². The number of ether oxygens (including phenoxy) is 1. The van der Waals surface area contributed by atoms with E-state index < -0.39 is 30.0 Å². The van der Waals surface area contributed by atoms with Crippen molar-refractivity contribution in [2.45, 2.75) is 32.2 Å². The van der Waals surface area contributed by atoms with Gasteiger partial charge in [0.25, 0.3) is 5.92 Å². The van der Waals surface area contributed by atoms with Crippen molar-refractivity contribution in [3.8, 4) is 0 Å². The van der Waals surface area contributed by atoms with E-state index in [1.807, 2.05) is 6.08 Å². The standard InChI is InChI=1S/C22H22F3N5O2/c1-12(15-4-3-5-17(19(15)23)22(24,25)11-31)26-20-16-10-18(14-6-8-32-9-7-14)29-30-21(16)28-13(2)27-20/h3-6,10,12,31H,7-9,11H2,1-2H3,(H,26,27,28,30). The number of nitrogens with zero attached hydrogens (tertiary/aromatic N) is 4. The molecule has 3 aromatic rings. The number of aromatic nitrogens is 4. The van der Waals surface area contributed by atoms with E-state index in [1.165, 1.54) is 12.1 Å². The highest BCUT2D eigenvalue weighted by atomic mass is 19.3. The molecule has 0 radical (unpaired) electrons. The van der Waals surface area contributed by atoms with Crippen LogP contribution in [0.2, 0.25) is 0 Å². The Morgan fingerprint density at radius 3 is 2.78 bits per heavy atom. The quantitative estimate of drug-likeness (QED) is 0.594. The maximum atomic E-state index is 14.9. The number of rotatable bonds is 6. The molecule has 4 rings (SSSR count). The van der Waals surface area contributed by atoms with E-state index in [1.54, 1.807) is 19.9 Å². The molecule has 0 bridgehead atoms. The number of halogens is 3. The molecule has 7 nitrogen and oxygen atoms in total. The molecule has 1 aromatic carbocycles. The topological polar surface area (TPSA) is 93.1 Å². The Labute approximate surface area is 182 Å². The highest BCUT2D eigenvalue weighted by Crippen LogP contribution is 2.34. The first kappa shape index (κ1) is 22.1. The number of benzene rings is 1. The molecule has 2 N–H and O–H groups in total. The van der Waals surface area contributed by atoms with E-state index in [4.69, 9.17) is 9.84 Å². The van der Waals surface area contributed by atoms with Gasteiger partial charge in [-0.1, -0.05) is 18.2 Å². The predicted molar refractivity (Wildman–Crippen MR) is 113 cm³/mol. The van der Waals surface area contributed by atoms with Gasteiger partial charge in [0, 0.05) is 5.56 Å². The monoisotopic (exact) mass is 445 g/mol.